The van der Waals surface area contributed by atoms with Crippen molar-refractivity contribution in [3.63, 3.8) is 0 Å². The number of rotatable bonds is 14. The quantitative estimate of drug-likeness (QED) is 0.277. The Labute approximate surface area is 281 Å². The highest BCUT2D eigenvalue weighted by molar-refractivity contribution is 5.95. The molecule has 1 aliphatic rings. The predicted molar refractivity (Wildman–Crippen MR) is 179 cm³/mol. The number of nitrogens with zero attached hydrogens (tertiary/aromatic N) is 3. The molecule has 0 saturated carbocycles. The first kappa shape index (κ1) is 37.5. The Kier molecular flexibility index (Phi) is 12.7. The summed E-state index contributed by atoms with van der Waals surface area (Å²) >= 11 is 0. The van der Waals surface area contributed by atoms with Gasteiger partial charge in [0, 0.05) is 34.1 Å². The summed E-state index contributed by atoms with van der Waals surface area (Å²) in [6.07, 6.45) is -1.41. The van der Waals surface area contributed by atoms with Crippen molar-refractivity contribution in [3.05, 3.63) is 59.7 Å². The standard InChI is InChI=1S/C35H47N5O8/c1-20(2)30(32(44)37-27(17-29(42)43)33(45)38(5)6)40(8)34(46)31(21(3)4)39(7)28(41)18-36-35(47)48-19-26-24-15-11-9-13-22(24)23-14-10-12-16-25(23)26/h9-16,20-21,26-27,30-31H,17-19H2,1-8H3,(H,36,47)(H,37,44)(H,42,43)/t27-,30-,31-/m0/s1. The summed E-state index contributed by atoms with van der Waals surface area (Å²) in [5.41, 5.74) is 4.29. The van der Waals surface area contributed by atoms with Crippen molar-refractivity contribution in [2.45, 2.75) is 58.2 Å². The molecular weight excluding hydrogens is 618 g/mol. The Bertz CT molecular complexity index is 1480. The first-order chi connectivity index (χ1) is 22.6. The Morgan fingerprint density at radius 1 is 0.771 bits per heavy atom. The van der Waals surface area contributed by atoms with E-state index in [1.54, 1.807) is 27.7 Å². The molecule has 0 unspecified atom stereocenters. The smallest absolute Gasteiger partial charge is 0.407 e. The molecular formula is C35H47N5O8. The number of carbonyl (C=O) groups excluding carboxylic acids is 5. The molecule has 13 heteroatoms. The van der Waals surface area contributed by atoms with Crippen LogP contribution in [-0.2, 0) is 28.7 Å². The minimum absolute atomic E-state index is 0.0773. The minimum Gasteiger partial charge on any atom is -0.481 e. The van der Waals surface area contributed by atoms with Crippen LogP contribution in [0.3, 0.4) is 0 Å². The average molecular weight is 666 g/mol. The van der Waals surface area contributed by atoms with Crippen LogP contribution in [0, 0.1) is 11.8 Å². The van der Waals surface area contributed by atoms with E-state index in [9.17, 15) is 33.9 Å². The highest BCUT2D eigenvalue weighted by Gasteiger charge is 2.39. The number of alkyl carbamates (subject to hydrolysis) is 1. The van der Waals surface area contributed by atoms with E-state index in [2.05, 4.69) is 10.6 Å². The summed E-state index contributed by atoms with van der Waals surface area (Å²) in [4.78, 5) is 80.8. The molecule has 0 spiro atoms. The zero-order valence-electron chi connectivity index (χ0n) is 28.9. The van der Waals surface area contributed by atoms with Crippen LogP contribution in [0.4, 0.5) is 4.79 Å². The van der Waals surface area contributed by atoms with Gasteiger partial charge < -0.3 is 35.2 Å². The van der Waals surface area contributed by atoms with Crippen LogP contribution < -0.4 is 10.6 Å². The van der Waals surface area contributed by atoms with Gasteiger partial charge in [-0.3, -0.25) is 24.0 Å². The van der Waals surface area contributed by atoms with Gasteiger partial charge in [-0.25, -0.2) is 4.79 Å². The number of carboxylic acids is 1. The van der Waals surface area contributed by atoms with Crippen LogP contribution in [0.25, 0.3) is 11.1 Å². The van der Waals surface area contributed by atoms with Crippen LogP contribution >= 0.6 is 0 Å². The molecule has 0 aromatic heterocycles. The zero-order valence-corrected chi connectivity index (χ0v) is 28.9. The Hall–Kier alpha value is -4.94. The number of fused-ring (bicyclic) bond motifs is 3. The Morgan fingerprint density at radius 2 is 1.29 bits per heavy atom. The molecule has 1 aliphatic carbocycles. The summed E-state index contributed by atoms with van der Waals surface area (Å²) in [5, 5.41) is 14.3. The molecule has 2 aromatic carbocycles. The molecule has 260 valence electrons. The monoisotopic (exact) mass is 665 g/mol. The summed E-state index contributed by atoms with van der Waals surface area (Å²) in [7, 11) is 5.76. The Morgan fingerprint density at radius 3 is 1.77 bits per heavy atom. The first-order valence-corrected chi connectivity index (χ1v) is 15.9. The molecule has 0 fully saturated rings. The van der Waals surface area contributed by atoms with E-state index in [4.69, 9.17) is 4.74 Å². The second-order valence-electron chi connectivity index (χ2n) is 12.9. The molecule has 13 nitrogen and oxygen atoms in total. The lowest BCUT2D eigenvalue weighted by atomic mass is 9.96. The third-order valence-corrected chi connectivity index (χ3v) is 8.52. The van der Waals surface area contributed by atoms with Gasteiger partial charge in [0.1, 0.15) is 31.3 Å². The summed E-state index contributed by atoms with van der Waals surface area (Å²) in [5.74, 6) is -4.61. The van der Waals surface area contributed by atoms with Crippen molar-refractivity contribution in [1.82, 2.24) is 25.3 Å². The molecule has 3 atom stereocenters. The van der Waals surface area contributed by atoms with Gasteiger partial charge in [0.05, 0.1) is 6.42 Å². The fraction of sp³-hybridized carbons (Fsp3) is 0.486. The Balaban J connectivity index is 1.65. The number of carbonyl (C=O) groups is 6. The van der Waals surface area contributed by atoms with Crippen molar-refractivity contribution in [2.24, 2.45) is 11.8 Å². The molecule has 2 aromatic rings. The van der Waals surface area contributed by atoms with E-state index in [1.807, 2.05) is 48.5 Å². The van der Waals surface area contributed by atoms with Gasteiger partial charge in [0.15, 0.2) is 0 Å². The first-order valence-electron chi connectivity index (χ1n) is 15.9. The van der Waals surface area contributed by atoms with E-state index in [1.165, 1.54) is 42.9 Å². The fourth-order valence-corrected chi connectivity index (χ4v) is 6.19. The summed E-state index contributed by atoms with van der Waals surface area (Å²) < 4.78 is 5.53. The van der Waals surface area contributed by atoms with Crippen LogP contribution in [0.2, 0.25) is 0 Å². The largest absolute Gasteiger partial charge is 0.481 e. The second-order valence-corrected chi connectivity index (χ2v) is 12.9. The van der Waals surface area contributed by atoms with Gasteiger partial charge >= 0.3 is 12.1 Å². The van der Waals surface area contributed by atoms with Gasteiger partial charge in [-0.2, -0.15) is 0 Å². The van der Waals surface area contributed by atoms with Crippen LogP contribution in [0.5, 0.6) is 0 Å². The maximum atomic E-state index is 13.8. The molecule has 0 radical (unpaired) electrons. The van der Waals surface area contributed by atoms with Crippen LogP contribution in [-0.4, -0.2) is 115 Å². The lowest BCUT2D eigenvalue weighted by Crippen LogP contribution is -2.60. The average Bonchev–Trinajstić information content (AvgIpc) is 3.34. The number of hydrogen-bond acceptors (Lipinski definition) is 7. The van der Waals surface area contributed by atoms with E-state index in [0.29, 0.717) is 0 Å². The summed E-state index contributed by atoms with van der Waals surface area (Å²) in [6.45, 7) is 6.58. The molecule has 48 heavy (non-hydrogen) atoms. The van der Waals surface area contributed by atoms with Crippen molar-refractivity contribution in [1.29, 1.82) is 0 Å². The van der Waals surface area contributed by atoms with Gasteiger partial charge in [-0.1, -0.05) is 76.2 Å². The molecule has 0 saturated heterocycles. The fourth-order valence-electron chi connectivity index (χ4n) is 6.19. The molecule has 0 bridgehead atoms. The summed E-state index contributed by atoms with van der Waals surface area (Å²) in [6, 6.07) is 12.5. The van der Waals surface area contributed by atoms with Gasteiger partial charge in [0.25, 0.3) is 0 Å². The third-order valence-electron chi connectivity index (χ3n) is 8.52. The number of hydrogen-bond donors (Lipinski definition) is 3. The van der Waals surface area contributed by atoms with E-state index < -0.39 is 72.7 Å². The number of carboxylic acid groups (broad SMARTS) is 1. The minimum atomic E-state index is -1.33. The highest BCUT2D eigenvalue weighted by Crippen LogP contribution is 2.44. The van der Waals surface area contributed by atoms with Gasteiger partial charge in [-0.15, -0.1) is 0 Å². The van der Waals surface area contributed by atoms with Gasteiger partial charge in [0.2, 0.25) is 23.6 Å². The zero-order chi connectivity index (χ0) is 35.9. The number of benzene rings is 2. The second kappa shape index (κ2) is 16.2. The number of likely N-dealkylation sites (N-methyl/N-ethyl adjacent to an activating group) is 3. The molecule has 0 heterocycles. The lowest BCUT2D eigenvalue weighted by Gasteiger charge is -2.38. The highest BCUT2D eigenvalue weighted by atomic mass is 16.5. The normalized spacial score (nSPS) is 13.9. The van der Waals surface area contributed by atoms with Crippen molar-refractivity contribution >= 4 is 35.7 Å². The maximum Gasteiger partial charge on any atom is 0.407 e. The SMILES string of the molecule is CC(C)[C@@H](C(=O)N(C)[C@H](C(=O)N[C@@H](CC(=O)O)C(=O)N(C)C)C(C)C)N(C)C(=O)CNC(=O)OCC1c2ccccc2-c2ccccc21. The molecule has 5 amide bonds. The number of nitrogens with one attached hydrogen (secondary N) is 2. The van der Waals surface area contributed by atoms with E-state index >= 15 is 0 Å². The van der Waals surface area contributed by atoms with Crippen LogP contribution in [0.1, 0.15) is 51.2 Å². The maximum absolute atomic E-state index is 13.8. The molecule has 3 rings (SSSR count). The van der Waals surface area contributed by atoms with Gasteiger partial charge in [-0.05, 0) is 34.1 Å². The number of ether oxygens (including phenoxy) is 1. The van der Waals surface area contributed by atoms with E-state index in [-0.39, 0.29) is 18.4 Å². The number of amides is 5. The predicted octanol–water partition coefficient (Wildman–Crippen LogP) is 2.54. The van der Waals surface area contributed by atoms with Crippen molar-refractivity contribution < 1.29 is 38.6 Å². The van der Waals surface area contributed by atoms with Crippen LogP contribution in [0.15, 0.2) is 48.5 Å². The van der Waals surface area contributed by atoms with Crippen molar-refractivity contribution in [3.8, 4) is 11.1 Å². The molecule has 3 N–H and O–H groups in total. The third kappa shape index (κ3) is 8.69. The number of aliphatic carboxylic acids is 1. The molecule has 0 aliphatic heterocycles. The van der Waals surface area contributed by atoms with Crippen molar-refractivity contribution in [2.75, 3.05) is 41.3 Å². The topological polar surface area (TPSA) is 166 Å². The van der Waals surface area contributed by atoms with E-state index in [0.717, 1.165) is 22.3 Å². The lowest BCUT2D eigenvalue weighted by molar-refractivity contribution is -0.150.